The van der Waals surface area contributed by atoms with Crippen molar-refractivity contribution < 1.29 is 18.3 Å². The molecule has 1 atom stereocenters. The Morgan fingerprint density at radius 3 is 2.14 bits per heavy atom. The molecular formula is C15H23NO4S. The number of sulfonamides is 1. The van der Waals surface area contributed by atoms with Crippen LogP contribution in [0.4, 0.5) is 0 Å². The third kappa shape index (κ3) is 4.82. The van der Waals surface area contributed by atoms with Gasteiger partial charge in [-0.3, -0.25) is 4.79 Å². The first kappa shape index (κ1) is 17.7. The molecule has 0 radical (unpaired) electrons. The van der Waals surface area contributed by atoms with Gasteiger partial charge in [-0.1, -0.05) is 46.2 Å². The van der Waals surface area contributed by atoms with Crippen molar-refractivity contribution in [3.8, 4) is 0 Å². The van der Waals surface area contributed by atoms with E-state index in [9.17, 15) is 13.2 Å². The second-order valence-electron chi connectivity index (χ2n) is 6.08. The van der Waals surface area contributed by atoms with Crippen molar-refractivity contribution in [2.75, 3.05) is 0 Å². The van der Waals surface area contributed by atoms with E-state index < -0.39 is 22.0 Å². The highest BCUT2D eigenvalue weighted by atomic mass is 32.2. The minimum absolute atomic E-state index is 0.0679. The van der Waals surface area contributed by atoms with Crippen molar-refractivity contribution in [1.29, 1.82) is 0 Å². The summed E-state index contributed by atoms with van der Waals surface area (Å²) in [5, 5.41) is 9.04. The lowest BCUT2D eigenvalue weighted by atomic mass is 9.87. The van der Waals surface area contributed by atoms with Crippen LogP contribution in [0.25, 0.3) is 0 Å². The quantitative estimate of drug-likeness (QED) is 0.845. The molecule has 1 unspecified atom stereocenters. The number of benzene rings is 1. The van der Waals surface area contributed by atoms with Crippen LogP contribution in [0.2, 0.25) is 0 Å². The Balaban J connectivity index is 3.00. The predicted octanol–water partition coefficient (Wildman–Crippen LogP) is 2.52. The van der Waals surface area contributed by atoms with Crippen molar-refractivity contribution in [2.24, 2.45) is 0 Å². The SMILES string of the molecule is CCCC(NS(=O)(=O)c1ccc(C(C)(C)C)cc1)C(=O)O. The van der Waals surface area contributed by atoms with E-state index in [0.29, 0.717) is 6.42 Å². The lowest BCUT2D eigenvalue weighted by molar-refractivity contribution is -0.139. The largest absolute Gasteiger partial charge is 0.480 e. The number of hydrogen-bond donors (Lipinski definition) is 2. The molecule has 0 bridgehead atoms. The molecule has 0 fully saturated rings. The molecule has 0 saturated heterocycles. The van der Waals surface area contributed by atoms with Gasteiger partial charge in [0.2, 0.25) is 10.0 Å². The lowest BCUT2D eigenvalue weighted by Gasteiger charge is -2.19. The molecule has 5 nitrogen and oxygen atoms in total. The minimum Gasteiger partial charge on any atom is -0.480 e. The van der Waals surface area contributed by atoms with Gasteiger partial charge in [-0.15, -0.1) is 0 Å². The summed E-state index contributed by atoms with van der Waals surface area (Å²) in [6.45, 7) is 7.92. The molecule has 1 aromatic carbocycles. The molecular weight excluding hydrogens is 290 g/mol. The van der Waals surface area contributed by atoms with Crippen molar-refractivity contribution in [3.63, 3.8) is 0 Å². The van der Waals surface area contributed by atoms with Crippen molar-refractivity contribution in [2.45, 2.75) is 56.9 Å². The van der Waals surface area contributed by atoms with Crippen LogP contribution in [0.1, 0.15) is 46.1 Å². The predicted molar refractivity (Wildman–Crippen MR) is 81.8 cm³/mol. The molecule has 0 heterocycles. The summed E-state index contributed by atoms with van der Waals surface area (Å²) < 4.78 is 26.7. The van der Waals surface area contributed by atoms with Crippen molar-refractivity contribution in [1.82, 2.24) is 4.72 Å². The highest BCUT2D eigenvalue weighted by molar-refractivity contribution is 7.89. The van der Waals surface area contributed by atoms with E-state index in [1.165, 1.54) is 12.1 Å². The molecule has 0 aromatic heterocycles. The zero-order valence-electron chi connectivity index (χ0n) is 12.9. The summed E-state index contributed by atoms with van der Waals surface area (Å²) >= 11 is 0. The molecule has 0 saturated carbocycles. The Morgan fingerprint density at radius 1 is 1.24 bits per heavy atom. The Bertz CT molecular complexity index is 585. The van der Waals surface area contributed by atoms with Gasteiger partial charge in [-0.25, -0.2) is 8.42 Å². The van der Waals surface area contributed by atoms with Crippen molar-refractivity contribution >= 4 is 16.0 Å². The fraction of sp³-hybridized carbons (Fsp3) is 0.533. The number of carboxylic acids is 1. The molecule has 0 spiro atoms. The molecule has 1 rings (SSSR count). The molecule has 0 amide bonds. The van der Waals surface area contributed by atoms with Gasteiger partial charge in [0.05, 0.1) is 4.90 Å². The zero-order chi connectivity index (χ0) is 16.3. The normalized spacial score (nSPS) is 13.9. The maximum Gasteiger partial charge on any atom is 0.321 e. The highest BCUT2D eigenvalue weighted by Crippen LogP contribution is 2.23. The second kappa shape index (κ2) is 6.58. The average molecular weight is 313 g/mol. The van der Waals surface area contributed by atoms with E-state index >= 15 is 0 Å². The Morgan fingerprint density at radius 2 is 1.76 bits per heavy atom. The van der Waals surface area contributed by atoms with E-state index in [4.69, 9.17) is 5.11 Å². The maximum absolute atomic E-state index is 12.2. The molecule has 21 heavy (non-hydrogen) atoms. The first-order valence-corrected chi connectivity index (χ1v) is 8.42. The number of hydrogen-bond acceptors (Lipinski definition) is 3. The Kier molecular flexibility index (Phi) is 5.53. The summed E-state index contributed by atoms with van der Waals surface area (Å²) in [4.78, 5) is 11.1. The van der Waals surface area contributed by atoms with Crippen LogP contribution in [0.5, 0.6) is 0 Å². The van der Waals surface area contributed by atoms with E-state index in [2.05, 4.69) is 4.72 Å². The lowest BCUT2D eigenvalue weighted by Crippen LogP contribution is -2.40. The van der Waals surface area contributed by atoms with Gasteiger partial charge in [-0.05, 0) is 29.5 Å². The number of rotatable bonds is 6. The molecule has 0 aliphatic rings. The molecule has 2 N–H and O–H groups in total. The summed E-state index contributed by atoms with van der Waals surface area (Å²) in [6, 6.07) is 5.43. The number of carboxylic acid groups (broad SMARTS) is 1. The monoisotopic (exact) mass is 313 g/mol. The molecule has 0 aliphatic carbocycles. The van der Waals surface area contributed by atoms with Crippen LogP contribution in [0, 0.1) is 0 Å². The summed E-state index contributed by atoms with van der Waals surface area (Å²) in [6.07, 6.45) is 0.844. The highest BCUT2D eigenvalue weighted by Gasteiger charge is 2.25. The van der Waals surface area contributed by atoms with Crippen LogP contribution in [-0.2, 0) is 20.2 Å². The number of aliphatic carboxylic acids is 1. The van der Waals surface area contributed by atoms with E-state index in [-0.39, 0.29) is 16.7 Å². The fourth-order valence-corrected chi connectivity index (χ4v) is 3.13. The Hall–Kier alpha value is -1.40. The number of carbonyl (C=O) groups is 1. The van der Waals surface area contributed by atoms with Crippen LogP contribution in [0.3, 0.4) is 0 Å². The molecule has 0 aliphatic heterocycles. The van der Waals surface area contributed by atoms with Crippen LogP contribution in [0.15, 0.2) is 29.2 Å². The van der Waals surface area contributed by atoms with E-state index in [0.717, 1.165) is 5.56 Å². The second-order valence-corrected chi connectivity index (χ2v) is 7.79. The fourth-order valence-electron chi connectivity index (χ4n) is 1.91. The minimum atomic E-state index is -3.82. The van der Waals surface area contributed by atoms with E-state index in [1.54, 1.807) is 12.1 Å². The summed E-state index contributed by atoms with van der Waals surface area (Å²) in [5.41, 5.74) is 0.950. The number of nitrogens with one attached hydrogen (secondary N) is 1. The van der Waals surface area contributed by atoms with Gasteiger partial charge in [-0.2, -0.15) is 4.72 Å². The van der Waals surface area contributed by atoms with Gasteiger partial charge < -0.3 is 5.11 Å². The third-order valence-corrected chi connectivity index (χ3v) is 4.69. The van der Waals surface area contributed by atoms with E-state index in [1.807, 2.05) is 27.7 Å². The first-order valence-electron chi connectivity index (χ1n) is 6.93. The Labute approximate surface area is 126 Å². The van der Waals surface area contributed by atoms with Gasteiger partial charge in [0.1, 0.15) is 6.04 Å². The smallest absolute Gasteiger partial charge is 0.321 e. The standard InChI is InChI=1S/C15H23NO4S/c1-5-6-13(14(17)18)16-21(19,20)12-9-7-11(8-10-12)15(2,3)4/h7-10,13,16H,5-6H2,1-4H3,(H,17,18). The summed E-state index contributed by atoms with van der Waals surface area (Å²) in [5.74, 6) is -1.16. The third-order valence-electron chi connectivity index (χ3n) is 3.20. The molecule has 1 aromatic rings. The zero-order valence-corrected chi connectivity index (χ0v) is 13.7. The topological polar surface area (TPSA) is 83.5 Å². The first-order chi connectivity index (χ1) is 9.58. The van der Waals surface area contributed by atoms with Gasteiger partial charge in [0, 0.05) is 0 Å². The van der Waals surface area contributed by atoms with Crippen molar-refractivity contribution in [3.05, 3.63) is 29.8 Å². The molecule has 118 valence electrons. The summed E-state index contributed by atoms with van der Waals surface area (Å²) in [7, 11) is -3.82. The van der Waals surface area contributed by atoms with Gasteiger partial charge in [0.25, 0.3) is 0 Å². The molecule has 6 heteroatoms. The van der Waals surface area contributed by atoms with Gasteiger partial charge in [0.15, 0.2) is 0 Å². The van der Waals surface area contributed by atoms with Crippen LogP contribution >= 0.6 is 0 Å². The van der Waals surface area contributed by atoms with Gasteiger partial charge >= 0.3 is 5.97 Å². The average Bonchev–Trinajstić information content (AvgIpc) is 2.37. The van der Waals surface area contributed by atoms with Crippen LogP contribution in [-0.4, -0.2) is 25.5 Å². The maximum atomic E-state index is 12.2. The van der Waals surface area contributed by atoms with Crippen LogP contribution < -0.4 is 4.72 Å².